The van der Waals surface area contributed by atoms with Crippen molar-refractivity contribution in [2.75, 3.05) is 18.8 Å². The van der Waals surface area contributed by atoms with Crippen molar-refractivity contribution in [1.29, 1.82) is 0 Å². The minimum absolute atomic E-state index is 0.0679. The lowest BCUT2D eigenvalue weighted by Gasteiger charge is -2.31. The lowest BCUT2D eigenvalue weighted by atomic mass is 9.99. The maximum absolute atomic E-state index is 12.5. The molecule has 2 aromatic rings. The van der Waals surface area contributed by atoms with Gasteiger partial charge in [-0.3, -0.25) is 0 Å². The molecule has 0 radical (unpaired) electrons. The van der Waals surface area contributed by atoms with Crippen molar-refractivity contribution in [3.05, 3.63) is 66.2 Å². The van der Waals surface area contributed by atoms with Crippen molar-refractivity contribution < 1.29 is 17.9 Å². The zero-order chi connectivity index (χ0) is 18.4. The first-order chi connectivity index (χ1) is 12.5. The number of rotatable bonds is 5. The molecule has 1 fully saturated rings. The number of piperidine rings is 1. The van der Waals surface area contributed by atoms with Crippen LogP contribution in [0, 0.1) is 5.92 Å². The first-order valence-electron chi connectivity index (χ1n) is 8.78. The molecule has 0 N–H and O–H groups in total. The first-order valence-corrected chi connectivity index (χ1v) is 10.4. The van der Waals surface area contributed by atoms with Crippen LogP contribution in [0.4, 0.5) is 4.79 Å². The molecule has 1 aliphatic heterocycles. The van der Waals surface area contributed by atoms with Gasteiger partial charge in [0.05, 0.1) is 10.6 Å². The van der Waals surface area contributed by atoms with Gasteiger partial charge in [-0.05, 0) is 36.5 Å². The van der Waals surface area contributed by atoms with Gasteiger partial charge in [-0.2, -0.15) is 0 Å². The highest BCUT2D eigenvalue weighted by atomic mass is 32.2. The minimum Gasteiger partial charge on any atom is -0.445 e. The van der Waals surface area contributed by atoms with E-state index in [0.29, 0.717) is 30.8 Å². The second-order valence-corrected chi connectivity index (χ2v) is 8.60. The Hall–Kier alpha value is -2.34. The molecule has 6 heteroatoms. The molecule has 1 heterocycles. The molecule has 0 spiro atoms. The number of amides is 1. The summed E-state index contributed by atoms with van der Waals surface area (Å²) in [4.78, 5) is 14.2. The second-order valence-electron chi connectivity index (χ2n) is 6.57. The van der Waals surface area contributed by atoms with Gasteiger partial charge in [-0.25, -0.2) is 13.2 Å². The number of sulfone groups is 1. The van der Waals surface area contributed by atoms with E-state index in [2.05, 4.69) is 0 Å². The summed E-state index contributed by atoms with van der Waals surface area (Å²) in [6, 6.07) is 18.1. The van der Waals surface area contributed by atoms with Gasteiger partial charge in [-0.1, -0.05) is 48.5 Å². The van der Waals surface area contributed by atoms with Crippen molar-refractivity contribution in [1.82, 2.24) is 4.90 Å². The van der Waals surface area contributed by atoms with E-state index in [9.17, 15) is 13.2 Å². The van der Waals surface area contributed by atoms with Crippen LogP contribution in [0.3, 0.4) is 0 Å². The molecular formula is C20H23NO4S. The van der Waals surface area contributed by atoms with Crippen molar-refractivity contribution in [2.45, 2.75) is 24.3 Å². The van der Waals surface area contributed by atoms with Crippen molar-refractivity contribution >= 4 is 15.9 Å². The molecule has 1 amide bonds. The quantitative estimate of drug-likeness (QED) is 0.805. The van der Waals surface area contributed by atoms with E-state index < -0.39 is 9.84 Å². The molecule has 5 nitrogen and oxygen atoms in total. The van der Waals surface area contributed by atoms with E-state index in [0.717, 1.165) is 5.56 Å². The molecule has 1 aliphatic rings. The lowest BCUT2D eigenvalue weighted by molar-refractivity contribution is 0.0839. The molecule has 3 rings (SSSR count). The number of ether oxygens (including phenoxy) is 1. The maximum Gasteiger partial charge on any atom is 0.410 e. The number of carbonyl (C=O) groups is 1. The van der Waals surface area contributed by atoms with Gasteiger partial charge in [-0.15, -0.1) is 0 Å². The topological polar surface area (TPSA) is 63.7 Å². The van der Waals surface area contributed by atoms with Crippen molar-refractivity contribution in [3.63, 3.8) is 0 Å². The predicted octanol–water partition coefficient (Wildman–Crippen LogP) is 3.51. The summed E-state index contributed by atoms with van der Waals surface area (Å²) in [5, 5.41) is 0. The van der Waals surface area contributed by atoms with E-state index in [1.54, 1.807) is 35.2 Å². The van der Waals surface area contributed by atoms with E-state index in [4.69, 9.17) is 4.74 Å². The third-order valence-corrected chi connectivity index (χ3v) is 6.54. The molecule has 0 saturated carbocycles. The number of hydrogen-bond acceptors (Lipinski definition) is 4. The van der Waals surface area contributed by atoms with E-state index in [-0.39, 0.29) is 24.4 Å². The SMILES string of the molecule is O=C(OCc1ccccc1)N1CCC(CS(=O)(=O)c2ccccc2)CC1. The maximum atomic E-state index is 12.5. The van der Waals surface area contributed by atoms with Crippen LogP contribution in [-0.4, -0.2) is 38.3 Å². The lowest BCUT2D eigenvalue weighted by Crippen LogP contribution is -2.40. The normalized spacial score (nSPS) is 15.6. The largest absolute Gasteiger partial charge is 0.445 e. The molecule has 0 bridgehead atoms. The van der Waals surface area contributed by atoms with Crippen molar-refractivity contribution in [3.8, 4) is 0 Å². The van der Waals surface area contributed by atoms with E-state index in [1.165, 1.54) is 0 Å². The summed E-state index contributed by atoms with van der Waals surface area (Å²) in [6.45, 7) is 1.31. The van der Waals surface area contributed by atoms with Gasteiger partial charge in [0.15, 0.2) is 9.84 Å². The third-order valence-electron chi connectivity index (χ3n) is 4.64. The fraction of sp³-hybridized carbons (Fsp3) is 0.350. The van der Waals surface area contributed by atoms with Crippen LogP contribution >= 0.6 is 0 Å². The molecule has 1 saturated heterocycles. The van der Waals surface area contributed by atoms with Gasteiger partial charge in [0.1, 0.15) is 6.61 Å². The molecule has 0 unspecified atom stereocenters. The van der Waals surface area contributed by atoms with Gasteiger partial charge in [0.2, 0.25) is 0 Å². The average molecular weight is 373 g/mol. The summed E-state index contributed by atoms with van der Waals surface area (Å²) >= 11 is 0. The van der Waals surface area contributed by atoms with Gasteiger partial charge in [0.25, 0.3) is 0 Å². The minimum atomic E-state index is -3.28. The number of nitrogens with zero attached hydrogens (tertiary/aromatic N) is 1. The fourth-order valence-corrected chi connectivity index (χ4v) is 4.85. The Morgan fingerprint density at radius 2 is 1.54 bits per heavy atom. The van der Waals surface area contributed by atoms with Crippen LogP contribution in [0.5, 0.6) is 0 Å². The highest BCUT2D eigenvalue weighted by Crippen LogP contribution is 2.23. The zero-order valence-corrected chi connectivity index (χ0v) is 15.4. The molecule has 2 aromatic carbocycles. The van der Waals surface area contributed by atoms with E-state index in [1.807, 2.05) is 30.3 Å². The van der Waals surface area contributed by atoms with Crippen LogP contribution in [-0.2, 0) is 21.2 Å². The third kappa shape index (κ3) is 4.85. The highest BCUT2D eigenvalue weighted by Gasteiger charge is 2.28. The molecular weight excluding hydrogens is 350 g/mol. The molecule has 0 aromatic heterocycles. The molecule has 26 heavy (non-hydrogen) atoms. The van der Waals surface area contributed by atoms with Crippen LogP contribution < -0.4 is 0 Å². The predicted molar refractivity (Wildman–Crippen MR) is 99.4 cm³/mol. The fourth-order valence-electron chi connectivity index (χ4n) is 3.13. The van der Waals surface area contributed by atoms with Gasteiger partial charge < -0.3 is 9.64 Å². The van der Waals surface area contributed by atoms with Gasteiger partial charge in [0, 0.05) is 13.1 Å². The Morgan fingerprint density at radius 1 is 0.962 bits per heavy atom. The molecule has 0 aliphatic carbocycles. The summed E-state index contributed by atoms with van der Waals surface area (Å²) in [6.07, 6.45) is 1.01. The first kappa shape index (κ1) is 18.5. The number of hydrogen-bond donors (Lipinski definition) is 0. The summed E-state index contributed by atoms with van der Waals surface area (Å²) in [5.41, 5.74) is 0.949. The molecule has 138 valence electrons. The molecule has 0 atom stereocenters. The smallest absolute Gasteiger partial charge is 0.410 e. The Kier molecular flexibility index (Phi) is 5.93. The highest BCUT2D eigenvalue weighted by molar-refractivity contribution is 7.91. The van der Waals surface area contributed by atoms with Crippen LogP contribution in [0.15, 0.2) is 65.6 Å². The second kappa shape index (κ2) is 8.36. The Morgan fingerprint density at radius 3 is 2.15 bits per heavy atom. The Balaban J connectivity index is 1.47. The van der Waals surface area contributed by atoms with Crippen LogP contribution in [0.1, 0.15) is 18.4 Å². The van der Waals surface area contributed by atoms with Crippen molar-refractivity contribution in [2.24, 2.45) is 5.92 Å². The average Bonchev–Trinajstić information content (AvgIpc) is 2.68. The summed E-state index contributed by atoms with van der Waals surface area (Å²) < 4.78 is 30.3. The standard InChI is InChI=1S/C20H23NO4S/c22-20(25-15-17-7-3-1-4-8-17)21-13-11-18(12-14-21)16-26(23,24)19-9-5-2-6-10-19/h1-10,18H,11-16H2. The number of benzene rings is 2. The number of carbonyl (C=O) groups excluding carboxylic acids is 1. The number of likely N-dealkylation sites (tertiary alicyclic amines) is 1. The summed E-state index contributed by atoms with van der Waals surface area (Å²) in [5.74, 6) is 0.197. The van der Waals surface area contributed by atoms with Gasteiger partial charge >= 0.3 is 6.09 Å². The Bertz CT molecular complexity index is 813. The zero-order valence-electron chi connectivity index (χ0n) is 14.6. The Labute approximate surface area is 154 Å². The van der Waals surface area contributed by atoms with E-state index >= 15 is 0 Å². The summed E-state index contributed by atoms with van der Waals surface area (Å²) in [7, 11) is -3.28. The van der Waals surface area contributed by atoms with Crippen LogP contribution in [0.25, 0.3) is 0 Å². The van der Waals surface area contributed by atoms with Crippen LogP contribution in [0.2, 0.25) is 0 Å². The monoisotopic (exact) mass is 373 g/mol.